The van der Waals surface area contributed by atoms with Gasteiger partial charge in [0.25, 0.3) is 0 Å². The lowest BCUT2D eigenvalue weighted by atomic mass is 9.87. The largest absolute Gasteiger partial charge is 0.460 e. The monoisotopic (exact) mass is 246 g/mol. The Hall–Kier alpha value is -0.610. The SMILES string of the molecule is CC(O)CC(O)C(C(=O)OC(C)(C)C)C(C)C. The van der Waals surface area contributed by atoms with Gasteiger partial charge in [0, 0.05) is 0 Å². The summed E-state index contributed by atoms with van der Waals surface area (Å²) in [6, 6.07) is 0. The third-order valence-corrected chi connectivity index (χ3v) is 2.39. The highest BCUT2D eigenvalue weighted by molar-refractivity contribution is 5.73. The van der Waals surface area contributed by atoms with Gasteiger partial charge < -0.3 is 14.9 Å². The fraction of sp³-hybridized carbons (Fsp3) is 0.923. The van der Waals surface area contributed by atoms with Gasteiger partial charge in [0.1, 0.15) is 5.60 Å². The van der Waals surface area contributed by atoms with Crippen molar-refractivity contribution in [2.45, 2.75) is 65.8 Å². The average molecular weight is 246 g/mol. The Labute approximate surface area is 104 Å². The van der Waals surface area contributed by atoms with Crippen molar-refractivity contribution in [1.82, 2.24) is 0 Å². The van der Waals surface area contributed by atoms with Crippen molar-refractivity contribution in [2.75, 3.05) is 0 Å². The lowest BCUT2D eigenvalue weighted by Gasteiger charge is -2.29. The molecule has 0 amide bonds. The van der Waals surface area contributed by atoms with Crippen LogP contribution in [-0.2, 0) is 9.53 Å². The molecule has 0 spiro atoms. The van der Waals surface area contributed by atoms with Gasteiger partial charge in [-0.15, -0.1) is 0 Å². The second-order valence-corrected chi connectivity index (χ2v) is 5.96. The molecule has 0 heterocycles. The zero-order valence-electron chi connectivity index (χ0n) is 11.7. The molecule has 0 fully saturated rings. The van der Waals surface area contributed by atoms with E-state index in [1.165, 1.54) is 0 Å². The second-order valence-electron chi connectivity index (χ2n) is 5.96. The number of carbonyl (C=O) groups excluding carboxylic acids is 1. The molecule has 0 rings (SSSR count). The molecule has 0 saturated heterocycles. The van der Waals surface area contributed by atoms with E-state index >= 15 is 0 Å². The average Bonchev–Trinajstić information content (AvgIpc) is 1.96. The van der Waals surface area contributed by atoms with Crippen LogP contribution in [0.4, 0.5) is 0 Å². The number of ether oxygens (including phenoxy) is 1. The molecule has 0 aromatic heterocycles. The van der Waals surface area contributed by atoms with E-state index in [1.807, 2.05) is 13.8 Å². The Balaban J connectivity index is 4.68. The number of rotatable bonds is 5. The Morgan fingerprint density at radius 2 is 1.65 bits per heavy atom. The molecule has 0 radical (unpaired) electrons. The van der Waals surface area contributed by atoms with Crippen molar-refractivity contribution >= 4 is 5.97 Å². The maximum atomic E-state index is 12.0. The van der Waals surface area contributed by atoms with Crippen LogP contribution >= 0.6 is 0 Å². The third-order valence-electron chi connectivity index (χ3n) is 2.39. The van der Waals surface area contributed by atoms with Crippen molar-refractivity contribution in [3.05, 3.63) is 0 Å². The van der Waals surface area contributed by atoms with E-state index in [9.17, 15) is 15.0 Å². The maximum Gasteiger partial charge on any atom is 0.312 e. The summed E-state index contributed by atoms with van der Waals surface area (Å²) in [4.78, 5) is 12.0. The van der Waals surface area contributed by atoms with Crippen LogP contribution in [0, 0.1) is 11.8 Å². The lowest BCUT2D eigenvalue weighted by Crippen LogP contribution is -2.39. The van der Waals surface area contributed by atoms with Crippen molar-refractivity contribution < 1.29 is 19.7 Å². The predicted octanol–water partition coefficient (Wildman–Crippen LogP) is 1.73. The summed E-state index contributed by atoms with van der Waals surface area (Å²) in [5.41, 5.74) is -0.561. The Kier molecular flexibility index (Phi) is 6.13. The van der Waals surface area contributed by atoms with Gasteiger partial charge in [0.05, 0.1) is 18.1 Å². The second kappa shape index (κ2) is 6.36. The van der Waals surface area contributed by atoms with Crippen LogP contribution in [0.1, 0.15) is 48.0 Å². The molecule has 0 aliphatic carbocycles. The molecule has 4 heteroatoms. The van der Waals surface area contributed by atoms with Crippen LogP contribution < -0.4 is 0 Å². The minimum atomic E-state index is -0.871. The van der Waals surface area contributed by atoms with Crippen LogP contribution in [0.25, 0.3) is 0 Å². The van der Waals surface area contributed by atoms with E-state index < -0.39 is 29.7 Å². The quantitative estimate of drug-likeness (QED) is 0.725. The zero-order valence-corrected chi connectivity index (χ0v) is 11.7. The molecular weight excluding hydrogens is 220 g/mol. The molecule has 0 aromatic carbocycles. The molecule has 3 unspecified atom stereocenters. The van der Waals surface area contributed by atoms with Gasteiger partial charge in [-0.25, -0.2) is 0 Å². The summed E-state index contributed by atoms with van der Waals surface area (Å²) >= 11 is 0. The summed E-state index contributed by atoms with van der Waals surface area (Å²) < 4.78 is 5.28. The summed E-state index contributed by atoms with van der Waals surface area (Å²) in [6.45, 7) is 10.7. The van der Waals surface area contributed by atoms with Gasteiger partial charge in [-0.3, -0.25) is 4.79 Å². The van der Waals surface area contributed by atoms with E-state index in [1.54, 1.807) is 27.7 Å². The molecule has 0 aromatic rings. The standard InChI is InChI=1S/C13H26O4/c1-8(2)11(10(15)7-9(3)14)12(16)17-13(4,5)6/h8-11,14-15H,7H2,1-6H3. The number of esters is 1. The van der Waals surface area contributed by atoms with Crippen LogP contribution in [-0.4, -0.2) is 34.0 Å². The normalized spacial score (nSPS) is 17.7. The van der Waals surface area contributed by atoms with Crippen LogP contribution in [0.5, 0.6) is 0 Å². The summed E-state index contributed by atoms with van der Waals surface area (Å²) in [5, 5.41) is 19.2. The van der Waals surface area contributed by atoms with Gasteiger partial charge >= 0.3 is 5.97 Å². The van der Waals surface area contributed by atoms with Gasteiger partial charge in [-0.1, -0.05) is 13.8 Å². The topological polar surface area (TPSA) is 66.8 Å². The number of aliphatic hydroxyl groups is 2. The van der Waals surface area contributed by atoms with E-state index in [0.29, 0.717) is 0 Å². The summed E-state index contributed by atoms with van der Waals surface area (Å²) in [7, 11) is 0. The number of hydrogen-bond acceptors (Lipinski definition) is 4. The van der Waals surface area contributed by atoms with E-state index in [2.05, 4.69) is 0 Å². The Bertz CT molecular complexity index is 240. The van der Waals surface area contributed by atoms with Crippen molar-refractivity contribution in [1.29, 1.82) is 0 Å². The van der Waals surface area contributed by atoms with Crippen molar-refractivity contribution in [2.24, 2.45) is 11.8 Å². The van der Waals surface area contributed by atoms with Crippen molar-refractivity contribution in [3.8, 4) is 0 Å². The van der Waals surface area contributed by atoms with Gasteiger partial charge in [0.15, 0.2) is 0 Å². The highest BCUT2D eigenvalue weighted by atomic mass is 16.6. The highest BCUT2D eigenvalue weighted by Crippen LogP contribution is 2.23. The lowest BCUT2D eigenvalue weighted by molar-refractivity contribution is -0.167. The molecule has 0 aliphatic rings. The van der Waals surface area contributed by atoms with Crippen LogP contribution in [0.2, 0.25) is 0 Å². The molecule has 0 saturated carbocycles. The smallest absolute Gasteiger partial charge is 0.312 e. The highest BCUT2D eigenvalue weighted by Gasteiger charge is 2.34. The van der Waals surface area contributed by atoms with Gasteiger partial charge in [0.2, 0.25) is 0 Å². The molecule has 2 N–H and O–H groups in total. The zero-order chi connectivity index (χ0) is 13.8. The number of hydrogen-bond donors (Lipinski definition) is 2. The summed E-state index contributed by atoms with van der Waals surface area (Å²) in [5.74, 6) is -1.02. The Morgan fingerprint density at radius 1 is 1.18 bits per heavy atom. The van der Waals surface area contributed by atoms with Gasteiger partial charge in [-0.2, -0.15) is 0 Å². The number of aliphatic hydroxyl groups excluding tert-OH is 2. The number of carbonyl (C=O) groups is 1. The van der Waals surface area contributed by atoms with Crippen LogP contribution in [0.15, 0.2) is 0 Å². The minimum Gasteiger partial charge on any atom is -0.460 e. The fourth-order valence-electron chi connectivity index (χ4n) is 1.74. The maximum absolute atomic E-state index is 12.0. The summed E-state index contributed by atoms with van der Waals surface area (Å²) in [6.07, 6.45) is -1.32. The molecular formula is C13H26O4. The molecule has 17 heavy (non-hydrogen) atoms. The molecule has 0 aliphatic heterocycles. The predicted molar refractivity (Wildman–Crippen MR) is 66.5 cm³/mol. The van der Waals surface area contributed by atoms with Gasteiger partial charge in [-0.05, 0) is 40.0 Å². The minimum absolute atomic E-state index is 0.0291. The first kappa shape index (κ1) is 16.4. The van der Waals surface area contributed by atoms with Crippen molar-refractivity contribution in [3.63, 3.8) is 0 Å². The van der Waals surface area contributed by atoms with E-state index in [-0.39, 0.29) is 12.3 Å². The molecule has 0 bridgehead atoms. The first-order valence-corrected chi connectivity index (χ1v) is 6.13. The molecule has 3 atom stereocenters. The Morgan fingerprint density at radius 3 is 1.94 bits per heavy atom. The van der Waals surface area contributed by atoms with E-state index in [0.717, 1.165) is 0 Å². The van der Waals surface area contributed by atoms with Crippen LogP contribution in [0.3, 0.4) is 0 Å². The molecule has 4 nitrogen and oxygen atoms in total. The third kappa shape index (κ3) is 6.64. The molecule has 102 valence electrons. The first-order chi connectivity index (χ1) is 7.54. The first-order valence-electron chi connectivity index (χ1n) is 6.13. The fourth-order valence-corrected chi connectivity index (χ4v) is 1.74. The van der Waals surface area contributed by atoms with E-state index in [4.69, 9.17) is 4.74 Å².